The average molecular weight is 315 g/mol. The number of aliphatic hydroxyl groups excluding tert-OH is 1. The number of aryl methyl sites for hydroxylation is 1. The lowest BCUT2D eigenvalue weighted by atomic mass is 9.88. The van der Waals surface area contributed by atoms with Crippen molar-refractivity contribution >= 4 is 5.91 Å². The van der Waals surface area contributed by atoms with Crippen LogP contribution in [0.4, 0.5) is 0 Å². The molecule has 1 unspecified atom stereocenters. The highest BCUT2D eigenvalue weighted by molar-refractivity contribution is 5.98. The zero-order chi connectivity index (χ0) is 17.0. The summed E-state index contributed by atoms with van der Waals surface area (Å²) in [5.41, 5.74) is 2.39. The third-order valence-electron chi connectivity index (χ3n) is 3.59. The molecule has 1 atom stereocenters. The van der Waals surface area contributed by atoms with Crippen molar-refractivity contribution in [2.24, 2.45) is 5.41 Å². The molecule has 0 radical (unpaired) electrons. The molecule has 1 amide bonds. The molecule has 0 spiro atoms. The van der Waals surface area contributed by atoms with Crippen LogP contribution in [-0.4, -0.2) is 33.2 Å². The summed E-state index contributed by atoms with van der Waals surface area (Å²) in [6.07, 6.45) is 5.86. The maximum absolute atomic E-state index is 12.7. The van der Waals surface area contributed by atoms with E-state index in [2.05, 4.69) is 31.1 Å². The molecule has 23 heavy (non-hydrogen) atoms. The van der Waals surface area contributed by atoms with Gasteiger partial charge in [-0.2, -0.15) is 0 Å². The van der Waals surface area contributed by atoms with Gasteiger partial charge < -0.3 is 15.0 Å². The van der Waals surface area contributed by atoms with E-state index in [1.54, 1.807) is 18.7 Å². The predicted molar refractivity (Wildman–Crippen MR) is 90.7 cm³/mol. The highest BCUT2D eigenvalue weighted by atomic mass is 16.3. The first-order chi connectivity index (χ1) is 10.8. The van der Waals surface area contributed by atoms with E-state index < -0.39 is 0 Å². The number of nitrogens with zero attached hydrogens (tertiary/aromatic N) is 2. The highest BCUT2D eigenvalue weighted by Gasteiger charge is 2.22. The van der Waals surface area contributed by atoms with Crippen molar-refractivity contribution in [1.82, 2.24) is 14.9 Å². The van der Waals surface area contributed by atoms with Gasteiger partial charge in [0.15, 0.2) is 0 Å². The average Bonchev–Trinajstić information content (AvgIpc) is 2.99. The molecule has 124 valence electrons. The van der Waals surface area contributed by atoms with Crippen molar-refractivity contribution in [3.05, 3.63) is 48.0 Å². The van der Waals surface area contributed by atoms with E-state index in [1.807, 2.05) is 29.7 Å². The fourth-order valence-electron chi connectivity index (χ4n) is 2.62. The van der Waals surface area contributed by atoms with Gasteiger partial charge in [-0.25, -0.2) is 4.98 Å². The largest absolute Gasteiger partial charge is 0.394 e. The Bertz CT molecular complexity index is 657. The molecule has 1 aromatic carbocycles. The number of aliphatic hydroxyl groups is 1. The number of amides is 1. The molecule has 5 heteroatoms. The van der Waals surface area contributed by atoms with Crippen molar-refractivity contribution in [1.29, 1.82) is 0 Å². The SMILES string of the molecule is Cc1ccc(-n2ccnc2)c(C(=O)NC(CO)CC(C)(C)C)c1. The predicted octanol–water partition coefficient (Wildman–Crippen LogP) is 2.71. The van der Waals surface area contributed by atoms with Crippen molar-refractivity contribution in [3.63, 3.8) is 0 Å². The summed E-state index contributed by atoms with van der Waals surface area (Å²) in [5.74, 6) is -0.180. The second kappa shape index (κ2) is 6.96. The zero-order valence-electron chi connectivity index (χ0n) is 14.2. The summed E-state index contributed by atoms with van der Waals surface area (Å²) < 4.78 is 1.81. The van der Waals surface area contributed by atoms with Crippen molar-refractivity contribution in [2.45, 2.75) is 40.2 Å². The Hall–Kier alpha value is -2.14. The summed E-state index contributed by atoms with van der Waals surface area (Å²) in [5, 5.41) is 12.5. The Morgan fingerprint density at radius 3 is 2.70 bits per heavy atom. The first-order valence-corrected chi connectivity index (χ1v) is 7.81. The fourth-order valence-corrected chi connectivity index (χ4v) is 2.62. The molecule has 1 aromatic heterocycles. The second-order valence-electron chi connectivity index (χ2n) is 7.11. The van der Waals surface area contributed by atoms with E-state index in [1.165, 1.54) is 0 Å². The first-order valence-electron chi connectivity index (χ1n) is 7.81. The van der Waals surface area contributed by atoms with Crippen LogP contribution < -0.4 is 5.32 Å². The molecule has 0 aliphatic carbocycles. The lowest BCUT2D eigenvalue weighted by Gasteiger charge is -2.25. The van der Waals surface area contributed by atoms with Crippen LogP contribution in [0.1, 0.15) is 43.1 Å². The van der Waals surface area contributed by atoms with Crippen molar-refractivity contribution in [3.8, 4) is 5.69 Å². The maximum atomic E-state index is 12.7. The van der Waals surface area contributed by atoms with Gasteiger partial charge in [0.05, 0.1) is 30.2 Å². The van der Waals surface area contributed by atoms with Crippen LogP contribution in [0.5, 0.6) is 0 Å². The third-order valence-corrected chi connectivity index (χ3v) is 3.59. The maximum Gasteiger partial charge on any atom is 0.253 e. The number of carbonyl (C=O) groups is 1. The summed E-state index contributed by atoms with van der Waals surface area (Å²) in [7, 11) is 0. The van der Waals surface area contributed by atoms with Crippen LogP contribution >= 0.6 is 0 Å². The molecular formula is C18H25N3O2. The number of imidazole rings is 1. The lowest BCUT2D eigenvalue weighted by molar-refractivity contribution is 0.0897. The summed E-state index contributed by atoms with van der Waals surface area (Å²) >= 11 is 0. The number of carbonyl (C=O) groups excluding carboxylic acids is 1. The van der Waals surface area contributed by atoms with E-state index in [9.17, 15) is 9.90 Å². The van der Waals surface area contributed by atoms with Crippen LogP contribution in [0.3, 0.4) is 0 Å². The quantitative estimate of drug-likeness (QED) is 0.891. The first kappa shape index (κ1) is 17.2. The van der Waals surface area contributed by atoms with E-state index in [0.717, 1.165) is 11.3 Å². The van der Waals surface area contributed by atoms with Crippen LogP contribution in [0.2, 0.25) is 0 Å². The van der Waals surface area contributed by atoms with E-state index in [4.69, 9.17) is 0 Å². The van der Waals surface area contributed by atoms with Crippen LogP contribution in [-0.2, 0) is 0 Å². The number of hydrogen-bond donors (Lipinski definition) is 2. The van der Waals surface area contributed by atoms with Crippen LogP contribution in [0.25, 0.3) is 5.69 Å². The van der Waals surface area contributed by atoms with Gasteiger partial charge in [0.25, 0.3) is 5.91 Å². The van der Waals surface area contributed by atoms with Gasteiger partial charge in [-0.05, 0) is 30.9 Å². The molecule has 2 aromatic rings. The summed E-state index contributed by atoms with van der Waals surface area (Å²) in [6, 6.07) is 5.46. The molecule has 2 N–H and O–H groups in total. The van der Waals surface area contributed by atoms with Crippen LogP contribution in [0, 0.1) is 12.3 Å². The minimum Gasteiger partial charge on any atom is -0.394 e. The highest BCUT2D eigenvalue weighted by Crippen LogP contribution is 2.22. The Morgan fingerprint density at radius 2 is 2.13 bits per heavy atom. The standard InChI is InChI=1S/C18H25N3O2/c1-13-5-6-16(21-8-7-19-12-21)15(9-13)17(23)20-14(11-22)10-18(2,3)4/h5-9,12,14,22H,10-11H2,1-4H3,(H,20,23). The molecule has 0 fully saturated rings. The topological polar surface area (TPSA) is 67.2 Å². The van der Waals surface area contributed by atoms with Gasteiger partial charge in [0, 0.05) is 12.4 Å². The molecule has 0 aliphatic rings. The monoisotopic (exact) mass is 315 g/mol. The minimum atomic E-state index is -0.265. The smallest absolute Gasteiger partial charge is 0.253 e. The Kier molecular flexibility index (Phi) is 5.21. The van der Waals surface area contributed by atoms with Crippen molar-refractivity contribution < 1.29 is 9.90 Å². The number of nitrogens with one attached hydrogen (secondary N) is 1. The number of aromatic nitrogens is 2. The lowest BCUT2D eigenvalue weighted by Crippen LogP contribution is -2.40. The normalized spacial score (nSPS) is 12.9. The summed E-state index contributed by atoms with van der Waals surface area (Å²) in [4.78, 5) is 16.8. The Labute approximate surface area is 137 Å². The molecule has 2 rings (SSSR count). The molecule has 0 saturated carbocycles. The number of hydrogen-bond acceptors (Lipinski definition) is 3. The summed E-state index contributed by atoms with van der Waals surface area (Å²) in [6.45, 7) is 8.14. The van der Waals surface area contributed by atoms with Gasteiger partial charge in [-0.15, -0.1) is 0 Å². The van der Waals surface area contributed by atoms with E-state index >= 15 is 0 Å². The molecule has 0 saturated heterocycles. The minimum absolute atomic E-state index is 0.0282. The second-order valence-corrected chi connectivity index (χ2v) is 7.11. The van der Waals surface area contributed by atoms with E-state index in [0.29, 0.717) is 12.0 Å². The van der Waals surface area contributed by atoms with Gasteiger partial charge >= 0.3 is 0 Å². The fraction of sp³-hybridized carbons (Fsp3) is 0.444. The Balaban J connectivity index is 2.26. The zero-order valence-corrected chi connectivity index (χ0v) is 14.2. The van der Waals surface area contributed by atoms with Crippen molar-refractivity contribution in [2.75, 3.05) is 6.61 Å². The van der Waals surface area contributed by atoms with Gasteiger partial charge in [0.2, 0.25) is 0 Å². The van der Waals surface area contributed by atoms with Crippen LogP contribution in [0.15, 0.2) is 36.9 Å². The van der Waals surface area contributed by atoms with Gasteiger partial charge in [-0.3, -0.25) is 4.79 Å². The molecule has 5 nitrogen and oxygen atoms in total. The molecule has 0 bridgehead atoms. The number of rotatable bonds is 5. The Morgan fingerprint density at radius 1 is 1.39 bits per heavy atom. The molecule has 1 heterocycles. The van der Waals surface area contributed by atoms with Gasteiger partial charge in [0.1, 0.15) is 0 Å². The van der Waals surface area contributed by atoms with E-state index in [-0.39, 0.29) is 24.0 Å². The third kappa shape index (κ3) is 4.66. The molecule has 0 aliphatic heterocycles. The number of benzene rings is 1. The van der Waals surface area contributed by atoms with Gasteiger partial charge in [-0.1, -0.05) is 32.4 Å². The molecular weight excluding hydrogens is 290 g/mol.